The molecule has 0 aliphatic heterocycles. The van der Waals surface area contributed by atoms with Crippen molar-refractivity contribution in [3.05, 3.63) is 46.1 Å². The van der Waals surface area contributed by atoms with Crippen molar-refractivity contribution < 1.29 is 9.84 Å². The highest BCUT2D eigenvalue weighted by Gasteiger charge is 2.14. The molecule has 0 bridgehead atoms. The van der Waals surface area contributed by atoms with E-state index in [1.54, 1.807) is 41.9 Å². The third kappa shape index (κ3) is 4.00. The Labute approximate surface area is 153 Å². The Morgan fingerprint density at radius 2 is 2.00 bits per heavy atom. The van der Waals surface area contributed by atoms with Crippen LogP contribution in [-0.2, 0) is 0 Å². The largest absolute Gasteiger partial charge is 0.491 e. The first-order chi connectivity index (χ1) is 11.5. The van der Waals surface area contributed by atoms with Gasteiger partial charge in [-0.1, -0.05) is 11.6 Å². The maximum atomic E-state index is 10.2. The molecule has 0 saturated carbocycles. The van der Waals surface area contributed by atoms with Gasteiger partial charge >= 0.3 is 0 Å². The number of ether oxygens (including phenoxy) is 1. The number of aryl methyl sites for hydroxylation is 2. The fourth-order valence-corrected chi connectivity index (χ4v) is 4.36. The van der Waals surface area contributed by atoms with E-state index in [0.717, 1.165) is 15.2 Å². The standard InChI is InChI=1S/C17H17ClN2O2S2/c1-10-11(2)24-17-15(10)16(19-9-20-17)23-8-13(21)7-22-14-5-3-12(18)4-6-14/h3-6,9,13,21H,7-8H2,1-2H3. The maximum absolute atomic E-state index is 10.2. The van der Waals surface area contributed by atoms with Gasteiger partial charge in [0.15, 0.2) is 0 Å². The van der Waals surface area contributed by atoms with E-state index < -0.39 is 6.10 Å². The average molecular weight is 381 g/mol. The second-order valence-electron chi connectivity index (χ2n) is 5.37. The molecule has 0 aliphatic rings. The number of hydrogen-bond donors (Lipinski definition) is 1. The highest BCUT2D eigenvalue weighted by atomic mass is 35.5. The normalized spacial score (nSPS) is 12.5. The van der Waals surface area contributed by atoms with Crippen molar-refractivity contribution in [2.75, 3.05) is 12.4 Å². The molecule has 24 heavy (non-hydrogen) atoms. The molecule has 1 atom stereocenters. The van der Waals surface area contributed by atoms with Crippen molar-refractivity contribution in [3.63, 3.8) is 0 Å². The molecule has 0 spiro atoms. The van der Waals surface area contributed by atoms with Gasteiger partial charge in [-0.3, -0.25) is 0 Å². The molecule has 0 saturated heterocycles. The first-order valence-electron chi connectivity index (χ1n) is 7.44. The summed E-state index contributed by atoms with van der Waals surface area (Å²) < 4.78 is 5.57. The second kappa shape index (κ2) is 7.70. The number of aliphatic hydroxyl groups is 1. The molecule has 7 heteroatoms. The molecule has 0 amide bonds. The summed E-state index contributed by atoms with van der Waals surface area (Å²) in [5, 5.41) is 12.8. The van der Waals surface area contributed by atoms with Crippen LogP contribution in [0.5, 0.6) is 5.75 Å². The van der Waals surface area contributed by atoms with Gasteiger partial charge in [-0.2, -0.15) is 0 Å². The average Bonchev–Trinajstić information content (AvgIpc) is 2.87. The molecule has 3 rings (SSSR count). The molecule has 2 heterocycles. The molecule has 0 fully saturated rings. The smallest absolute Gasteiger partial charge is 0.128 e. The summed E-state index contributed by atoms with van der Waals surface area (Å²) in [6.45, 7) is 4.40. The molecular formula is C17H17ClN2O2S2. The number of fused-ring (bicyclic) bond motifs is 1. The van der Waals surface area contributed by atoms with Crippen LogP contribution in [0.4, 0.5) is 0 Å². The summed E-state index contributed by atoms with van der Waals surface area (Å²) in [6, 6.07) is 7.09. The predicted molar refractivity (Wildman–Crippen MR) is 101 cm³/mol. The van der Waals surface area contributed by atoms with Crippen LogP contribution in [0.1, 0.15) is 10.4 Å². The Morgan fingerprint density at radius 1 is 1.25 bits per heavy atom. The van der Waals surface area contributed by atoms with Gasteiger partial charge in [0.1, 0.15) is 28.5 Å². The zero-order valence-corrected chi connectivity index (χ0v) is 15.7. The highest BCUT2D eigenvalue weighted by Crippen LogP contribution is 2.34. The Morgan fingerprint density at radius 3 is 2.75 bits per heavy atom. The van der Waals surface area contributed by atoms with Crippen LogP contribution in [0.2, 0.25) is 5.02 Å². The summed E-state index contributed by atoms with van der Waals surface area (Å²) in [7, 11) is 0. The third-order valence-electron chi connectivity index (χ3n) is 3.60. The van der Waals surface area contributed by atoms with E-state index in [0.29, 0.717) is 16.5 Å². The number of thioether (sulfide) groups is 1. The Hall–Kier alpha value is -1.34. The lowest BCUT2D eigenvalue weighted by Crippen LogP contribution is -2.20. The number of aliphatic hydroxyl groups excluding tert-OH is 1. The predicted octanol–water partition coefficient (Wildman–Crippen LogP) is 4.49. The van der Waals surface area contributed by atoms with Gasteiger partial charge < -0.3 is 9.84 Å². The molecule has 2 aromatic heterocycles. The zero-order chi connectivity index (χ0) is 17.1. The van der Waals surface area contributed by atoms with Crippen LogP contribution in [-0.4, -0.2) is 33.5 Å². The number of halogens is 1. The van der Waals surface area contributed by atoms with Crippen molar-refractivity contribution in [1.82, 2.24) is 9.97 Å². The minimum absolute atomic E-state index is 0.227. The summed E-state index contributed by atoms with van der Waals surface area (Å²) >= 11 is 9.04. The van der Waals surface area contributed by atoms with Gasteiger partial charge in [-0.15, -0.1) is 23.1 Å². The van der Waals surface area contributed by atoms with E-state index in [4.69, 9.17) is 16.3 Å². The van der Waals surface area contributed by atoms with Crippen LogP contribution in [0.25, 0.3) is 10.2 Å². The number of aromatic nitrogens is 2. The van der Waals surface area contributed by atoms with Gasteiger partial charge in [0, 0.05) is 21.0 Å². The highest BCUT2D eigenvalue weighted by molar-refractivity contribution is 7.99. The maximum Gasteiger partial charge on any atom is 0.128 e. The Balaban J connectivity index is 1.60. The lowest BCUT2D eigenvalue weighted by molar-refractivity contribution is 0.126. The number of hydrogen-bond acceptors (Lipinski definition) is 6. The quantitative estimate of drug-likeness (QED) is 0.504. The molecular weight excluding hydrogens is 364 g/mol. The molecule has 1 N–H and O–H groups in total. The Kier molecular flexibility index (Phi) is 5.61. The summed E-state index contributed by atoms with van der Waals surface area (Å²) in [6.07, 6.45) is 0.993. The molecule has 1 unspecified atom stereocenters. The molecule has 0 aliphatic carbocycles. The van der Waals surface area contributed by atoms with Crippen LogP contribution in [0.15, 0.2) is 35.6 Å². The van der Waals surface area contributed by atoms with E-state index in [2.05, 4.69) is 23.8 Å². The van der Waals surface area contributed by atoms with Crippen molar-refractivity contribution >= 4 is 44.9 Å². The first-order valence-corrected chi connectivity index (χ1v) is 9.62. The lowest BCUT2D eigenvalue weighted by Gasteiger charge is -2.12. The van der Waals surface area contributed by atoms with Crippen molar-refractivity contribution in [2.45, 2.75) is 25.0 Å². The number of rotatable bonds is 6. The van der Waals surface area contributed by atoms with Crippen LogP contribution >= 0.6 is 34.7 Å². The van der Waals surface area contributed by atoms with Gasteiger partial charge in [-0.05, 0) is 43.7 Å². The van der Waals surface area contributed by atoms with E-state index in [1.165, 1.54) is 22.2 Å². The van der Waals surface area contributed by atoms with Crippen molar-refractivity contribution in [3.8, 4) is 5.75 Å². The van der Waals surface area contributed by atoms with Crippen molar-refractivity contribution in [2.24, 2.45) is 0 Å². The topological polar surface area (TPSA) is 55.2 Å². The first kappa shape index (κ1) is 17.5. The van der Waals surface area contributed by atoms with Gasteiger partial charge in [0.05, 0.1) is 6.10 Å². The fraction of sp³-hybridized carbons (Fsp3) is 0.294. The van der Waals surface area contributed by atoms with E-state index in [-0.39, 0.29) is 6.61 Å². The minimum Gasteiger partial charge on any atom is -0.491 e. The monoisotopic (exact) mass is 380 g/mol. The van der Waals surface area contributed by atoms with Crippen LogP contribution in [0, 0.1) is 13.8 Å². The molecule has 4 nitrogen and oxygen atoms in total. The van der Waals surface area contributed by atoms with E-state index in [9.17, 15) is 5.11 Å². The summed E-state index contributed by atoms with van der Waals surface area (Å²) in [4.78, 5) is 10.9. The van der Waals surface area contributed by atoms with Gasteiger partial charge in [0.25, 0.3) is 0 Å². The van der Waals surface area contributed by atoms with E-state index in [1.807, 2.05) is 0 Å². The Bertz CT molecular complexity index is 836. The third-order valence-corrected chi connectivity index (χ3v) is 6.10. The summed E-state index contributed by atoms with van der Waals surface area (Å²) in [5.74, 6) is 1.20. The molecule has 0 radical (unpaired) electrons. The summed E-state index contributed by atoms with van der Waals surface area (Å²) in [5.41, 5.74) is 1.21. The SMILES string of the molecule is Cc1sc2ncnc(SCC(O)COc3ccc(Cl)cc3)c2c1C. The zero-order valence-electron chi connectivity index (χ0n) is 13.3. The lowest BCUT2D eigenvalue weighted by atomic mass is 10.2. The molecule has 3 aromatic rings. The van der Waals surface area contributed by atoms with Crippen molar-refractivity contribution in [1.29, 1.82) is 0 Å². The molecule has 1 aromatic carbocycles. The number of nitrogens with zero attached hydrogens (tertiary/aromatic N) is 2. The number of benzene rings is 1. The second-order valence-corrected chi connectivity index (χ2v) is 8.02. The van der Waals surface area contributed by atoms with E-state index >= 15 is 0 Å². The minimum atomic E-state index is -0.587. The molecule has 126 valence electrons. The number of thiophene rings is 1. The fourth-order valence-electron chi connectivity index (χ4n) is 2.21. The van der Waals surface area contributed by atoms with Gasteiger partial charge in [-0.25, -0.2) is 9.97 Å². The van der Waals surface area contributed by atoms with Gasteiger partial charge in [0.2, 0.25) is 0 Å². The van der Waals surface area contributed by atoms with Crippen LogP contribution < -0.4 is 4.74 Å². The van der Waals surface area contributed by atoms with Crippen LogP contribution in [0.3, 0.4) is 0 Å².